The zero-order chi connectivity index (χ0) is 26.4. The van der Waals surface area contributed by atoms with Crippen molar-refractivity contribution in [2.24, 2.45) is 5.92 Å². The van der Waals surface area contributed by atoms with E-state index in [0.717, 1.165) is 11.9 Å². The average Bonchev–Trinajstić information content (AvgIpc) is 3.49. The van der Waals surface area contributed by atoms with Crippen LogP contribution in [0.1, 0.15) is 44.8 Å². The number of aromatic nitrogens is 3. The SMILES string of the molecule is CCOc1ccc(N(C(=O)Cn2nnc3ccccc32)[C@H](C(=O)NCCC(C)C)c2ccc(C)o2)cc1. The Balaban J connectivity index is 1.74. The zero-order valence-corrected chi connectivity index (χ0v) is 21.7. The number of fused-ring (bicyclic) bond motifs is 1. The topological polar surface area (TPSA) is 102 Å². The minimum Gasteiger partial charge on any atom is -0.494 e. The Morgan fingerprint density at radius 3 is 2.51 bits per heavy atom. The lowest BCUT2D eigenvalue weighted by atomic mass is 10.1. The number of nitrogens with zero attached hydrogens (tertiary/aromatic N) is 4. The van der Waals surface area contributed by atoms with Crippen LogP contribution in [0.4, 0.5) is 5.69 Å². The number of benzene rings is 2. The molecule has 2 heterocycles. The van der Waals surface area contributed by atoms with Gasteiger partial charge in [0.2, 0.25) is 5.91 Å². The number of nitrogens with one attached hydrogen (secondary N) is 1. The average molecular weight is 504 g/mol. The Kier molecular flexibility index (Phi) is 8.22. The van der Waals surface area contributed by atoms with Crippen LogP contribution in [0.5, 0.6) is 5.75 Å². The summed E-state index contributed by atoms with van der Waals surface area (Å²) in [5.74, 6) is 1.47. The number of amides is 2. The highest BCUT2D eigenvalue weighted by molar-refractivity contribution is 6.01. The van der Waals surface area contributed by atoms with Crippen LogP contribution in [0.15, 0.2) is 65.1 Å². The maximum absolute atomic E-state index is 14.0. The fourth-order valence-electron chi connectivity index (χ4n) is 4.10. The second kappa shape index (κ2) is 11.7. The van der Waals surface area contributed by atoms with Crippen molar-refractivity contribution >= 4 is 28.5 Å². The van der Waals surface area contributed by atoms with Crippen LogP contribution in [0.25, 0.3) is 11.0 Å². The highest BCUT2D eigenvalue weighted by Gasteiger charge is 2.35. The third-order valence-electron chi connectivity index (χ3n) is 5.96. The molecular weight excluding hydrogens is 470 g/mol. The lowest BCUT2D eigenvalue weighted by molar-refractivity contribution is -0.127. The first-order valence-electron chi connectivity index (χ1n) is 12.5. The van der Waals surface area contributed by atoms with E-state index in [9.17, 15) is 9.59 Å². The van der Waals surface area contributed by atoms with Crippen molar-refractivity contribution in [3.05, 3.63) is 72.2 Å². The van der Waals surface area contributed by atoms with Crippen LogP contribution < -0.4 is 15.0 Å². The molecule has 0 aliphatic heterocycles. The molecule has 0 saturated carbocycles. The van der Waals surface area contributed by atoms with Gasteiger partial charge in [0, 0.05) is 12.2 Å². The first-order valence-corrected chi connectivity index (χ1v) is 12.5. The molecule has 2 aromatic carbocycles. The van der Waals surface area contributed by atoms with E-state index in [1.807, 2.05) is 38.1 Å². The summed E-state index contributed by atoms with van der Waals surface area (Å²) < 4.78 is 13.0. The standard InChI is InChI=1S/C28H33N5O4/c1-5-36-22-13-11-21(12-14-22)33(26(34)18-32-24-9-7-6-8-23(24)30-31-32)27(25-15-10-20(4)37-25)28(35)29-17-16-19(2)3/h6-15,19,27H,5,16-18H2,1-4H3,(H,29,35)/t27-/m0/s1. The van der Waals surface area contributed by atoms with Crippen LogP contribution in [0.2, 0.25) is 0 Å². The highest BCUT2D eigenvalue weighted by atomic mass is 16.5. The third kappa shape index (κ3) is 6.17. The molecule has 0 radical (unpaired) electrons. The monoisotopic (exact) mass is 503 g/mol. The van der Waals surface area contributed by atoms with Gasteiger partial charge in [-0.2, -0.15) is 0 Å². The van der Waals surface area contributed by atoms with Crippen molar-refractivity contribution in [1.82, 2.24) is 20.3 Å². The summed E-state index contributed by atoms with van der Waals surface area (Å²) in [7, 11) is 0. The summed E-state index contributed by atoms with van der Waals surface area (Å²) in [6, 6.07) is 17.0. The van der Waals surface area contributed by atoms with E-state index in [4.69, 9.17) is 9.15 Å². The van der Waals surface area contributed by atoms with Gasteiger partial charge in [0.15, 0.2) is 6.04 Å². The Morgan fingerprint density at radius 2 is 1.84 bits per heavy atom. The summed E-state index contributed by atoms with van der Waals surface area (Å²) in [5.41, 5.74) is 1.96. The van der Waals surface area contributed by atoms with Gasteiger partial charge in [0.25, 0.3) is 5.91 Å². The van der Waals surface area contributed by atoms with E-state index in [1.54, 1.807) is 41.1 Å². The fourth-order valence-corrected chi connectivity index (χ4v) is 4.10. The van der Waals surface area contributed by atoms with E-state index in [-0.39, 0.29) is 18.4 Å². The maximum Gasteiger partial charge on any atom is 0.251 e. The Hall–Kier alpha value is -4.14. The van der Waals surface area contributed by atoms with Crippen molar-refractivity contribution in [1.29, 1.82) is 0 Å². The molecule has 194 valence electrons. The smallest absolute Gasteiger partial charge is 0.251 e. The quantitative estimate of drug-likeness (QED) is 0.319. The molecule has 0 saturated heterocycles. The largest absolute Gasteiger partial charge is 0.494 e. The van der Waals surface area contributed by atoms with E-state index < -0.39 is 6.04 Å². The minimum absolute atomic E-state index is 0.108. The number of furan rings is 1. The van der Waals surface area contributed by atoms with Gasteiger partial charge < -0.3 is 14.5 Å². The number of aryl methyl sites for hydroxylation is 1. The molecule has 0 unspecified atom stereocenters. The van der Waals surface area contributed by atoms with E-state index in [2.05, 4.69) is 29.5 Å². The molecule has 0 aliphatic carbocycles. The normalized spacial score (nSPS) is 12.0. The van der Waals surface area contributed by atoms with E-state index in [0.29, 0.717) is 47.5 Å². The van der Waals surface area contributed by atoms with Gasteiger partial charge in [-0.15, -0.1) is 5.10 Å². The molecule has 0 spiro atoms. The first kappa shape index (κ1) is 25.9. The summed E-state index contributed by atoms with van der Waals surface area (Å²) in [6.07, 6.45) is 0.817. The van der Waals surface area contributed by atoms with Crippen LogP contribution in [-0.4, -0.2) is 40.0 Å². The van der Waals surface area contributed by atoms with E-state index in [1.165, 1.54) is 4.90 Å². The van der Waals surface area contributed by atoms with Gasteiger partial charge in [0.1, 0.15) is 29.3 Å². The molecule has 9 nitrogen and oxygen atoms in total. The molecule has 0 aliphatic rings. The molecule has 4 aromatic rings. The van der Waals surface area contributed by atoms with Crippen molar-refractivity contribution in [3.63, 3.8) is 0 Å². The van der Waals surface area contributed by atoms with Gasteiger partial charge in [-0.3, -0.25) is 14.5 Å². The second-order valence-electron chi connectivity index (χ2n) is 9.25. The lowest BCUT2D eigenvalue weighted by Gasteiger charge is -2.30. The van der Waals surface area contributed by atoms with Crippen LogP contribution >= 0.6 is 0 Å². The molecule has 0 bridgehead atoms. The van der Waals surface area contributed by atoms with Crippen molar-refractivity contribution < 1.29 is 18.7 Å². The van der Waals surface area contributed by atoms with Crippen molar-refractivity contribution in [2.75, 3.05) is 18.1 Å². The minimum atomic E-state index is -1.01. The van der Waals surface area contributed by atoms with Gasteiger partial charge in [-0.1, -0.05) is 31.2 Å². The van der Waals surface area contributed by atoms with E-state index >= 15 is 0 Å². The molecule has 0 fully saturated rings. The summed E-state index contributed by atoms with van der Waals surface area (Å²) in [5, 5.41) is 11.3. The number of hydrogen-bond acceptors (Lipinski definition) is 6. The fraction of sp³-hybridized carbons (Fsp3) is 0.357. The summed E-state index contributed by atoms with van der Waals surface area (Å²) in [6.45, 7) is 8.81. The molecule has 4 rings (SSSR count). The maximum atomic E-state index is 14.0. The second-order valence-corrected chi connectivity index (χ2v) is 9.25. The first-order chi connectivity index (χ1) is 17.9. The molecule has 9 heteroatoms. The molecule has 2 aromatic heterocycles. The van der Waals surface area contributed by atoms with Gasteiger partial charge >= 0.3 is 0 Å². The summed E-state index contributed by atoms with van der Waals surface area (Å²) in [4.78, 5) is 29.0. The van der Waals surface area contributed by atoms with Crippen LogP contribution in [0, 0.1) is 12.8 Å². The Bertz CT molecular complexity index is 1340. The number of carbonyl (C=O) groups excluding carboxylic acids is 2. The highest BCUT2D eigenvalue weighted by Crippen LogP contribution is 2.31. The van der Waals surface area contributed by atoms with Crippen LogP contribution in [-0.2, 0) is 16.1 Å². The number of hydrogen-bond donors (Lipinski definition) is 1. The molecule has 1 N–H and O–H groups in total. The molecule has 1 atom stereocenters. The Morgan fingerprint density at radius 1 is 1.08 bits per heavy atom. The van der Waals surface area contributed by atoms with Crippen molar-refractivity contribution in [3.8, 4) is 5.75 Å². The third-order valence-corrected chi connectivity index (χ3v) is 5.96. The summed E-state index contributed by atoms with van der Waals surface area (Å²) >= 11 is 0. The molecule has 37 heavy (non-hydrogen) atoms. The molecule has 2 amide bonds. The van der Waals surface area contributed by atoms with Crippen molar-refractivity contribution in [2.45, 2.75) is 46.7 Å². The number of anilines is 1. The number of carbonyl (C=O) groups is 2. The number of rotatable bonds is 11. The number of para-hydroxylation sites is 1. The lowest BCUT2D eigenvalue weighted by Crippen LogP contribution is -2.45. The van der Waals surface area contributed by atoms with Gasteiger partial charge in [-0.25, -0.2) is 4.68 Å². The number of ether oxygens (including phenoxy) is 1. The Labute approximate surface area is 216 Å². The predicted molar refractivity (Wildman–Crippen MR) is 141 cm³/mol. The zero-order valence-electron chi connectivity index (χ0n) is 21.7. The van der Waals surface area contributed by atoms with Gasteiger partial charge in [0.05, 0.1) is 12.1 Å². The van der Waals surface area contributed by atoms with Gasteiger partial charge in [-0.05, 0) is 74.7 Å². The van der Waals surface area contributed by atoms with Crippen LogP contribution in [0.3, 0.4) is 0 Å². The molecular formula is C28H33N5O4. The predicted octanol–water partition coefficient (Wildman–Crippen LogP) is 4.67.